The molecule has 23 heavy (non-hydrogen) atoms. The minimum absolute atomic E-state index is 0.0637. The summed E-state index contributed by atoms with van der Waals surface area (Å²) in [5.74, 6) is 0.518. The van der Waals surface area contributed by atoms with Crippen molar-refractivity contribution in [2.45, 2.75) is 51.2 Å². The summed E-state index contributed by atoms with van der Waals surface area (Å²) in [5.41, 5.74) is 0.940. The van der Waals surface area contributed by atoms with Crippen LogP contribution >= 0.6 is 11.3 Å². The molecule has 0 aromatic carbocycles. The predicted molar refractivity (Wildman–Crippen MR) is 94.3 cm³/mol. The molecule has 5 heteroatoms. The van der Waals surface area contributed by atoms with Crippen LogP contribution in [-0.4, -0.2) is 27.7 Å². The molecule has 0 radical (unpaired) electrons. The summed E-state index contributed by atoms with van der Waals surface area (Å²) in [6, 6.07) is 5.90. The lowest BCUT2D eigenvalue weighted by Gasteiger charge is -2.27. The van der Waals surface area contributed by atoms with E-state index in [0.717, 1.165) is 43.1 Å². The summed E-state index contributed by atoms with van der Waals surface area (Å²) < 4.78 is 0. The van der Waals surface area contributed by atoms with Crippen LogP contribution in [0.25, 0.3) is 10.7 Å². The third-order valence-corrected chi connectivity index (χ3v) is 5.55. The highest BCUT2D eigenvalue weighted by Crippen LogP contribution is 2.27. The van der Waals surface area contributed by atoms with Gasteiger partial charge in [0.2, 0.25) is 0 Å². The maximum Gasteiger partial charge on any atom is 0.142 e. The summed E-state index contributed by atoms with van der Waals surface area (Å²) in [5, 5.41) is 14.5. The highest BCUT2D eigenvalue weighted by Gasteiger charge is 2.22. The van der Waals surface area contributed by atoms with E-state index in [-0.39, 0.29) is 6.10 Å². The molecule has 2 N–H and O–H groups in total. The van der Waals surface area contributed by atoms with Crippen LogP contribution in [-0.2, 0) is 6.54 Å². The van der Waals surface area contributed by atoms with E-state index in [1.54, 1.807) is 17.5 Å². The number of aliphatic hydroxyl groups excluding tert-OH is 1. The van der Waals surface area contributed by atoms with Crippen molar-refractivity contribution >= 4 is 11.3 Å². The average molecular weight is 331 g/mol. The number of nitrogens with zero attached hydrogens (tertiary/aromatic N) is 2. The fourth-order valence-corrected chi connectivity index (χ4v) is 4.08. The average Bonchev–Trinajstić information content (AvgIpc) is 3.06. The Kier molecular flexibility index (Phi) is 6.13. The van der Waals surface area contributed by atoms with E-state index in [4.69, 9.17) is 0 Å². The summed E-state index contributed by atoms with van der Waals surface area (Å²) in [4.78, 5) is 10.0. The van der Waals surface area contributed by atoms with Crippen molar-refractivity contribution in [3.05, 3.63) is 35.5 Å². The van der Waals surface area contributed by atoms with Gasteiger partial charge in [0.1, 0.15) is 5.01 Å². The molecule has 4 nitrogen and oxygen atoms in total. The predicted octanol–water partition coefficient (Wildman–Crippen LogP) is 3.63. The van der Waals surface area contributed by atoms with Crippen LogP contribution in [0.5, 0.6) is 0 Å². The van der Waals surface area contributed by atoms with Gasteiger partial charge in [-0.25, -0.2) is 4.98 Å². The van der Waals surface area contributed by atoms with Crippen LogP contribution in [0, 0.1) is 5.92 Å². The number of rotatable bonds is 7. The number of aromatic nitrogens is 2. The van der Waals surface area contributed by atoms with Crippen LogP contribution < -0.4 is 5.32 Å². The number of hydrogen-bond donors (Lipinski definition) is 2. The first-order valence-corrected chi connectivity index (χ1v) is 9.39. The van der Waals surface area contributed by atoms with Gasteiger partial charge >= 0.3 is 0 Å². The lowest BCUT2D eigenvalue weighted by molar-refractivity contribution is 0.0643. The number of aliphatic hydroxyl groups is 1. The fraction of sp³-hybridized carbons (Fsp3) is 0.556. The SMILES string of the molecule is OC1CCCCC1CCCNCc1cnc(-c2ccccn2)s1. The highest BCUT2D eigenvalue weighted by molar-refractivity contribution is 7.14. The monoisotopic (exact) mass is 331 g/mol. The summed E-state index contributed by atoms with van der Waals surface area (Å²) >= 11 is 1.70. The molecule has 0 bridgehead atoms. The molecule has 0 amide bonds. The van der Waals surface area contributed by atoms with Crippen LogP contribution in [0.1, 0.15) is 43.4 Å². The Balaban J connectivity index is 1.37. The second kappa shape index (κ2) is 8.52. The second-order valence-corrected chi connectivity index (χ2v) is 7.39. The van der Waals surface area contributed by atoms with E-state index in [9.17, 15) is 5.11 Å². The molecule has 1 aliphatic rings. The minimum Gasteiger partial charge on any atom is -0.393 e. The molecule has 124 valence electrons. The van der Waals surface area contributed by atoms with E-state index >= 15 is 0 Å². The normalized spacial score (nSPS) is 21.4. The van der Waals surface area contributed by atoms with E-state index in [2.05, 4.69) is 15.3 Å². The van der Waals surface area contributed by atoms with Gasteiger partial charge in [-0.15, -0.1) is 11.3 Å². The molecule has 3 rings (SSSR count). The van der Waals surface area contributed by atoms with Gasteiger partial charge in [-0.05, 0) is 50.3 Å². The van der Waals surface area contributed by atoms with Crippen molar-refractivity contribution in [3.63, 3.8) is 0 Å². The van der Waals surface area contributed by atoms with E-state index < -0.39 is 0 Å². The Morgan fingerprint density at radius 1 is 1.22 bits per heavy atom. The molecular weight excluding hydrogens is 306 g/mol. The number of thiazole rings is 1. The van der Waals surface area contributed by atoms with Gasteiger partial charge < -0.3 is 10.4 Å². The van der Waals surface area contributed by atoms with Gasteiger partial charge in [-0.2, -0.15) is 0 Å². The molecule has 0 spiro atoms. The maximum atomic E-state index is 9.98. The Bertz CT molecular complexity index is 587. The van der Waals surface area contributed by atoms with E-state index in [1.165, 1.54) is 24.1 Å². The summed E-state index contributed by atoms with van der Waals surface area (Å²) in [7, 11) is 0. The van der Waals surface area contributed by atoms with Crippen molar-refractivity contribution < 1.29 is 5.11 Å². The first-order valence-electron chi connectivity index (χ1n) is 8.58. The molecule has 0 aliphatic heterocycles. The fourth-order valence-electron chi connectivity index (χ4n) is 3.22. The number of hydrogen-bond acceptors (Lipinski definition) is 5. The third-order valence-electron chi connectivity index (χ3n) is 4.53. The van der Waals surface area contributed by atoms with Crippen molar-refractivity contribution in [2.24, 2.45) is 5.92 Å². The van der Waals surface area contributed by atoms with Gasteiger partial charge in [0.15, 0.2) is 0 Å². The van der Waals surface area contributed by atoms with Crippen LogP contribution in [0.3, 0.4) is 0 Å². The summed E-state index contributed by atoms with van der Waals surface area (Å²) in [6.07, 6.45) is 10.6. The standard InChI is InChI=1S/C18H25N3OS/c22-17-9-2-1-6-14(17)7-5-10-19-12-15-13-21-18(23-15)16-8-3-4-11-20-16/h3-4,8,11,13-14,17,19,22H,1-2,5-7,9-10,12H2. The van der Waals surface area contributed by atoms with Crippen LogP contribution in [0.2, 0.25) is 0 Å². The minimum atomic E-state index is -0.0637. The van der Waals surface area contributed by atoms with Gasteiger partial charge in [0.05, 0.1) is 11.8 Å². The lowest BCUT2D eigenvalue weighted by atomic mass is 9.83. The largest absolute Gasteiger partial charge is 0.393 e. The Morgan fingerprint density at radius 3 is 2.96 bits per heavy atom. The third kappa shape index (κ3) is 4.83. The van der Waals surface area contributed by atoms with Gasteiger partial charge in [-0.3, -0.25) is 4.98 Å². The number of pyridine rings is 1. The zero-order valence-electron chi connectivity index (χ0n) is 13.4. The topological polar surface area (TPSA) is 58.0 Å². The first kappa shape index (κ1) is 16.6. The molecule has 2 unspecified atom stereocenters. The molecule has 2 heterocycles. The molecule has 2 aromatic rings. The van der Waals surface area contributed by atoms with E-state index in [1.807, 2.05) is 24.4 Å². The molecule has 2 atom stereocenters. The molecule has 1 fully saturated rings. The molecule has 1 aliphatic carbocycles. The van der Waals surface area contributed by atoms with Gasteiger partial charge in [0.25, 0.3) is 0 Å². The quantitative estimate of drug-likeness (QED) is 0.761. The van der Waals surface area contributed by atoms with Crippen molar-refractivity contribution in [1.29, 1.82) is 0 Å². The second-order valence-electron chi connectivity index (χ2n) is 6.28. The van der Waals surface area contributed by atoms with Crippen molar-refractivity contribution in [2.75, 3.05) is 6.54 Å². The first-order chi connectivity index (χ1) is 11.3. The molecule has 0 saturated heterocycles. The highest BCUT2D eigenvalue weighted by atomic mass is 32.1. The Labute approximate surface area is 142 Å². The van der Waals surface area contributed by atoms with Crippen molar-refractivity contribution in [3.8, 4) is 10.7 Å². The Hall–Kier alpha value is -1.30. The zero-order chi connectivity index (χ0) is 15.9. The smallest absolute Gasteiger partial charge is 0.142 e. The summed E-state index contributed by atoms with van der Waals surface area (Å²) in [6.45, 7) is 1.86. The van der Waals surface area contributed by atoms with E-state index in [0.29, 0.717) is 5.92 Å². The molecular formula is C18H25N3OS. The Morgan fingerprint density at radius 2 is 2.13 bits per heavy atom. The zero-order valence-corrected chi connectivity index (χ0v) is 14.3. The maximum absolute atomic E-state index is 9.98. The van der Waals surface area contributed by atoms with Crippen molar-refractivity contribution in [1.82, 2.24) is 15.3 Å². The lowest BCUT2D eigenvalue weighted by Crippen LogP contribution is -2.25. The van der Waals surface area contributed by atoms with Gasteiger partial charge in [-0.1, -0.05) is 18.9 Å². The van der Waals surface area contributed by atoms with Crippen LogP contribution in [0.15, 0.2) is 30.6 Å². The van der Waals surface area contributed by atoms with Crippen LogP contribution in [0.4, 0.5) is 0 Å². The number of nitrogens with one attached hydrogen (secondary N) is 1. The molecule has 2 aromatic heterocycles. The van der Waals surface area contributed by atoms with Gasteiger partial charge in [0, 0.05) is 23.8 Å². The molecule has 1 saturated carbocycles.